The minimum absolute atomic E-state index is 0.0400. The fourth-order valence-corrected chi connectivity index (χ4v) is 1.10. The van der Waals surface area contributed by atoms with Gasteiger partial charge in [0, 0.05) is 11.1 Å². The number of amides is 1. The van der Waals surface area contributed by atoms with Gasteiger partial charge in [0.05, 0.1) is 11.0 Å². The average Bonchev–Trinajstić information content (AvgIpc) is 2.09. The van der Waals surface area contributed by atoms with Gasteiger partial charge >= 0.3 is 0 Å². The van der Waals surface area contributed by atoms with Gasteiger partial charge in [0.1, 0.15) is 5.75 Å². The Labute approximate surface area is 88.8 Å². The van der Waals surface area contributed by atoms with Gasteiger partial charge in [0.25, 0.3) is 0 Å². The molecule has 2 N–H and O–H groups in total. The van der Waals surface area contributed by atoms with E-state index < -0.39 is 0 Å². The summed E-state index contributed by atoms with van der Waals surface area (Å²) in [6, 6.07) is 4.49. The van der Waals surface area contributed by atoms with Gasteiger partial charge in [-0.1, -0.05) is 27.5 Å². The minimum Gasteiger partial charge on any atom is -0.506 e. The maximum Gasteiger partial charge on any atom is 0.235 e. The summed E-state index contributed by atoms with van der Waals surface area (Å²) >= 11 is 8.60. The Balaban J connectivity index is 2.83. The highest BCUT2D eigenvalue weighted by Gasteiger charge is 2.04. The molecule has 1 rings (SSSR count). The summed E-state index contributed by atoms with van der Waals surface area (Å²) in [5.41, 5.74) is 0.355. The summed E-state index contributed by atoms with van der Waals surface area (Å²) in [4.78, 5) is 10.9. The van der Waals surface area contributed by atoms with E-state index in [0.717, 1.165) is 0 Å². The topological polar surface area (TPSA) is 49.3 Å². The molecular weight excluding hydrogens is 257 g/mol. The Morgan fingerprint density at radius 1 is 1.62 bits per heavy atom. The lowest BCUT2D eigenvalue weighted by molar-refractivity contribution is -0.113. The molecule has 1 amide bonds. The molecule has 0 saturated heterocycles. The van der Waals surface area contributed by atoms with Gasteiger partial charge < -0.3 is 10.4 Å². The summed E-state index contributed by atoms with van der Waals surface area (Å²) in [7, 11) is 0. The number of benzene rings is 1. The molecule has 0 aliphatic rings. The third kappa shape index (κ3) is 2.90. The molecule has 70 valence electrons. The van der Waals surface area contributed by atoms with Gasteiger partial charge in [0.15, 0.2) is 0 Å². The molecule has 0 atom stereocenters. The molecule has 0 saturated carbocycles. The van der Waals surface area contributed by atoms with Crippen LogP contribution in [0.1, 0.15) is 0 Å². The number of halogens is 2. The van der Waals surface area contributed by atoms with Crippen LogP contribution >= 0.6 is 27.5 Å². The van der Waals surface area contributed by atoms with E-state index in [1.54, 1.807) is 6.07 Å². The van der Waals surface area contributed by atoms with Crippen LogP contribution in [0.25, 0.3) is 0 Å². The fraction of sp³-hybridized carbons (Fsp3) is 0.125. The van der Waals surface area contributed by atoms with Gasteiger partial charge in [0.2, 0.25) is 5.91 Å². The van der Waals surface area contributed by atoms with Crippen molar-refractivity contribution in [2.24, 2.45) is 0 Å². The first-order valence-corrected chi connectivity index (χ1v) is 4.97. The van der Waals surface area contributed by atoms with E-state index >= 15 is 0 Å². The zero-order valence-corrected chi connectivity index (χ0v) is 8.89. The summed E-state index contributed by atoms with van der Waals surface area (Å²) in [6.45, 7) is 0. The molecule has 0 radical (unpaired) electrons. The van der Waals surface area contributed by atoms with Crippen LogP contribution in [0.3, 0.4) is 0 Å². The molecule has 0 aliphatic heterocycles. The lowest BCUT2D eigenvalue weighted by atomic mass is 10.3. The summed E-state index contributed by atoms with van der Waals surface area (Å²) < 4.78 is 0. The van der Waals surface area contributed by atoms with Crippen LogP contribution < -0.4 is 5.32 Å². The number of anilines is 1. The van der Waals surface area contributed by atoms with Crippen LogP contribution in [0.5, 0.6) is 5.75 Å². The standard InChI is InChI=1S/C8H7BrClNO2/c9-4-8(13)11-6-2-1-5(10)3-7(6)12/h1-3,12H,4H2,(H,11,13). The molecule has 0 fully saturated rings. The monoisotopic (exact) mass is 263 g/mol. The van der Waals surface area contributed by atoms with Crippen LogP contribution in [-0.2, 0) is 4.79 Å². The molecule has 0 aromatic heterocycles. The summed E-state index contributed by atoms with van der Waals surface area (Å²) in [5.74, 6) is -0.264. The molecule has 5 heteroatoms. The highest BCUT2D eigenvalue weighted by atomic mass is 79.9. The predicted octanol–water partition coefficient (Wildman–Crippen LogP) is 2.38. The van der Waals surface area contributed by atoms with Crippen molar-refractivity contribution < 1.29 is 9.90 Å². The van der Waals surface area contributed by atoms with Crippen molar-refractivity contribution in [3.63, 3.8) is 0 Å². The van der Waals surface area contributed by atoms with E-state index in [4.69, 9.17) is 11.6 Å². The second-order valence-electron chi connectivity index (χ2n) is 2.34. The number of phenols is 1. The van der Waals surface area contributed by atoms with Gasteiger partial charge in [-0.3, -0.25) is 4.79 Å². The molecule has 1 aromatic rings. The predicted molar refractivity (Wildman–Crippen MR) is 55.5 cm³/mol. The molecule has 0 spiro atoms. The third-order valence-electron chi connectivity index (χ3n) is 1.36. The van der Waals surface area contributed by atoms with Crippen molar-refractivity contribution in [3.05, 3.63) is 23.2 Å². The van der Waals surface area contributed by atoms with E-state index in [0.29, 0.717) is 10.7 Å². The zero-order valence-electron chi connectivity index (χ0n) is 6.55. The van der Waals surface area contributed by atoms with Gasteiger partial charge in [-0.2, -0.15) is 0 Å². The Kier molecular flexibility index (Phi) is 3.57. The Morgan fingerprint density at radius 3 is 2.85 bits per heavy atom. The molecule has 0 bridgehead atoms. The zero-order chi connectivity index (χ0) is 9.84. The lowest BCUT2D eigenvalue weighted by Gasteiger charge is -2.05. The van der Waals surface area contributed by atoms with Crippen LogP contribution in [0, 0.1) is 0 Å². The first-order valence-electron chi connectivity index (χ1n) is 3.48. The minimum atomic E-state index is -0.224. The Bertz CT molecular complexity index is 330. The third-order valence-corrected chi connectivity index (χ3v) is 2.10. The number of carbonyl (C=O) groups excluding carboxylic acids is 1. The van der Waals surface area contributed by atoms with Crippen molar-refractivity contribution >= 4 is 39.1 Å². The second-order valence-corrected chi connectivity index (χ2v) is 3.34. The van der Waals surface area contributed by atoms with E-state index in [1.165, 1.54) is 12.1 Å². The van der Waals surface area contributed by atoms with Gasteiger partial charge in [-0.15, -0.1) is 0 Å². The highest BCUT2D eigenvalue weighted by molar-refractivity contribution is 9.09. The fourth-order valence-electron chi connectivity index (χ4n) is 0.794. The van der Waals surface area contributed by atoms with E-state index in [2.05, 4.69) is 21.2 Å². The normalized spacial score (nSPS) is 9.69. The second kappa shape index (κ2) is 4.48. The molecule has 0 unspecified atom stereocenters. The van der Waals surface area contributed by atoms with E-state index in [1.807, 2.05) is 0 Å². The number of hydrogen-bond acceptors (Lipinski definition) is 2. The number of nitrogens with one attached hydrogen (secondary N) is 1. The Morgan fingerprint density at radius 2 is 2.31 bits per heavy atom. The first-order chi connectivity index (χ1) is 6.13. The summed E-state index contributed by atoms with van der Waals surface area (Å²) in [5, 5.41) is 12.4. The van der Waals surface area contributed by atoms with Crippen LogP contribution in [0.4, 0.5) is 5.69 Å². The van der Waals surface area contributed by atoms with Crippen LogP contribution in [-0.4, -0.2) is 16.3 Å². The number of carbonyl (C=O) groups is 1. The highest BCUT2D eigenvalue weighted by Crippen LogP contribution is 2.26. The Hall–Kier alpha value is -0.740. The van der Waals surface area contributed by atoms with E-state index in [-0.39, 0.29) is 17.0 Å². The largest absolute Gasteiger partial charge is 0.506 e. The molecule has 0 aliphatic carbocycles. The number of hydrogen-bond donors (Lipinski definition) is 2. The molecule has 0 heterocycles. The molecular formula is C8H7BrClNO2. The van der Waals surface area contributed by atoms with Crippen LogP contribution in [0.15, 0.2) is 18.2 Å². The maximum atomic E-state index is 10.9. The van der Waals surface area contributed by atoms with Crippen molar-refractivity contribution in [1.82, 2.24) is 0 Å². The van der Waals surface area contributed by atoms with Crippen molar-refractivity contribution in [2.45, 2.75) is 0 Å². The maximum absolute atomic E-state index is 10.9. The van der Waals surface area contributed by atoms with Crippen LogP contribution in [0.2, 0.25) is 5.02 Å². The van der Waals surface area contributed by atoms with E-state index in [9.17, 15) is 9.90 Å². The number of rotatable bonds is 2. The average molecular weight is 265 g/mol. The first kappa shape index (κ1) is 10.3. The van der Waals surface area contributed by atoms with Gasteiger partial charge in [-0.25, -0.2) is 0 Å². The van der Waals surface area contributed by atoms with Crippen molar-refractivity contribution in [2.75, 3.05) is 10.6 Å². The smallest absolute Gasteiger partial charge is 0.235 e. The SMILES string of the molecule is O=C(CBr)Nc1ccc(Cl)cc1O. The summed E-state index contributed by atoms with van der Waals surface area (Å²) in [6.07, 6.45) is 0. The molecule has 1 aromatic carbocycles. The van der Waals surface area contributed by atoms with Crippen molar-refractivity contribution in [1.29, 1.82) is 0 Å². The number of alkyl halides is 1. The quantitative estimate of drug-likeness (QED) is 0.636. The lowest BCUT2D eigenvalue weighted by Crippen LogP contribution is -2.12. The number of phenolic OH excluding ortho intramolecular Hbond substituents is 1. The van der Waals surface area contributed by atoms with Crippen molar-refractivity contribution in [3.8, 4) is 5.75 Å². The molecule has 13 heavy (non-hydrogen) atoms. The molecule has 3 nitrogen and oxygen atoms in total. The van der Waals surface area contributed by atoms with Gasteiger partial charge in [-0.05, 0) is 12.1 Å². The number of aromatic hydroxyl groups is 1.